The van der Waals surface area contributed by atoms with E-state index in [9.17, 15) is 14.4 Å². The molecule has 0 aromatic heterocycles. The van der Waals surface area contributed by atoms with E-state index >= 15 is 0 Å². The number of hydrogen-bond donors (Lipinski definition) is 0. The molecule has 0 N–H and O–H groups in total. The summed E-state index contributed by atoms with van der Waals surface area (Å²) in [5, 5.41) is 0. The molecular weight excluding hydrogens is 424 g/mol. The summed E-state index contributed by atoms with van der Waals surface area (Å²) in [5.74, 6) is -0.452. The van der Waals surface area contributed by atoms with Crippen LogP contribution in [0.25, 0.3) is 0 Å². The van der Waals surface area contributed by atoms with Gasteiger partial charge in [-0.15, -0.1) is 4.90 Å². The molecule has 3 amide bonds. The topological polar surface area (TPSA) is 85.2 Å². The fraction of sp³-hybridized carbons (Fsp3) is 0.200. The fourth-order valence-corrected chi connectivity index (χ4v) is 3.91. The number of ketones is 1. The number of anilines is 1. The molecule has 8 nitrogen and oxygen atoms in total. The Bertz CT molecular complexity index is 1190. The maximum Gasteiger partial charge on any atom is 0.506 e. The van der Waals surface area contributed by atoms with Crippen molar-refractivity contribution in [3.8, 4) is 17.2 Å². The van der Waals surface area contributed by atoms with E-state index < -0.39 is 17.9 Å². The predicted octanol–water partition coefficient (Wildman–Crippen LogP) is 3.26. The lowest BCUT2D eigenvalue weighted by molar-refractivity contribution is -0.413. The first-order valence-corrected chi connectivity index (χ1v) is 10.3. The van der Waals surface area contributed by atoms with E-state index in [0.717, 1.165) is 4.90 Å². The van der Waals surface area contributed by atoms with Gasteiger partial charge in [0.05, 0.1) is 21.3 Å². The monoisotopic (exact) mass is 447 g/mol. The van der Waals surface area contributed by atoms with Crippen LogP contribution < -0.4 is 19.1 Å². The van der Waals surface area contributed by atoms with Gasteiger partial charge in [0.25, 0.3) is 0 Å². The quantitative estimate of drug-likeness (QED) is 0.479. The molecule has 4 rings (SSSR count). The molecule has 1 unspecified atom stereocenters. The third-order valence-corrected chi connectivity index (χ3v) is 5.53. The largest absolute Gasteiger partial charge is 0.506 e. The first-order valence-electron chi connectivity index (χ1n) is 10.3. The summed E-state index contributed by atoms with van der Waals surface area (Å²) in [6.07, 6.45) is 6.87. The van der Waals surface area contributed by atoms with Crippen LogP contribution in [0.1, 0.15) is 10.4 Å². The molecule has 0 saturated carbocycles. The van der Waals surface area contributed by atoms with E-state index in [1.807, 2.05) is 6.07 Å². The summed E-state index contributed by atoms with van der Waals surface area (Å²) < 4.78 is 17.5. The number of imide groups is 1. The van der Waals surface area contributed by atoms with Gasteiger partial charge in [0.15, 0.2) is 18.0 Å². The van der Waals surface area contributed by atoms with E-state index in [1.54, 1.807) is 48.6 Å². The van der Waals surface area contributed by atoms with Gasteiger partial charge in [-0.3, -0.25) is 4.79 Å². The number of allylic oxidation sites excluding steroid dienone is 3. The number of carbonyl (C=O) groups excluding carboxylic acids is 3. The van der Waals surface area contributed by atoms with Gasteiger partial charge >= 0.3 is 11.9 Å². The van der Waals surface area contributed by atoms with Crippen molar-refractivity contribution in [2.24, 2.45) is 5.92 Å². The standard InChI is InChI=1S/C25H23N2O6/c1-31-21-13-17(14-22(32-2)23(21)33-3)27-24(29)18-11-7-8-12-19(18)26(25(27)30)15-20(28)16-9-5-4-6-10-16/h4-14,18H,15H2,1-3H3/q+1. The number of amides is 3. The molecule has 1 aliphatic carbocycles. The zero-order valence-electron chi connectivity index (χ0n) is 18.5. The number of Topliss-reactive ketones (excluding diaryl/α,β-unsaturated/α-hetero) is 1. The van der Waals surface area contributed by atoms with E-state index in [2.05, 4.69) is 0 Å². The fourth-order valence-electron chi connectivity index (χ4n) is 3.91. The summed E-state index contributed by atoms with van der Waals surface area (Å²) in [6, 6.07) is 11.1. The van der Waals surface area contributed by atoms with E-state index in [4.69, 9.17) is 14.2 Å². The number of fused-ring (bicyclic) bond motifs is 1. The van der Waals surface area contributed by atoms with Crippen molar-refractivity contribution >= 4 is 29.1 Å². The Morgan fingerprint density at radius 1 is 0.970 bits per heavy atom. The number of carbonyl (C=O) groups is 3. The molecule has 8 heteroatoms. The van der Waals surface area contributed by atoms with Crippen molar-refractivity contribution in [2.45, 2.75) is 0 Å². The van der Waals surface area contributed by atoms with Crippen LogP contribution in [0.5, 0.6) is 17.2 Å². The lowest BCUT2D eigenvalue weighted by Gasteiger charge is -2.27. The molecule has 1 heterocycles. The van der Waals surface area contributed by atoms with Crippen LogP contribution in [0.15, 0.2) is 66.8 Å². The van der Waals surface area contributed by atoms with Gasteiger partial charge in [-0.2, -0.15) is 9.37 Å². The van der Waals surface area contributed by atoms with Crippen LogP contribution in [0.2, 0.25) is 0 Å². The Hall–Kier alpha value is -4.20. The third-order valence-electron chi connectivity index (χ3n) is 5.53. The summed E-state index contributed by atoms with van der Waals surface area (Å²) in [7, 11) is 4.37. The minimum Gasteiger partial charge on any atom is -0.493 e. The summed E-state index contributed by atoms with van der Waals surface area (Å²) in [4.78, 5) is 41.0. The first kappa shape index (κ1) is 22.0. The second-order valence-corrected chi connectivity index (χ2v) is 7.36. The van der Waals surface area contributed by atoms with Crippen LogP contribution in [-0.2, 0) is 4.79 Å². The highest BCUT2D eigenvalue weighted by Gasteiger charge is 2.49. The number of ether oxygens (including phenoxy) is 3. The Morgan fingerprint density at radius 3 is 2.24 bits per heavy atom. The van der Waals surface area contributed by atoms with Gasteiger partial charge in [-0.05, 0) is 6.08 Å². The highest BCUT2D eigenvalue weighted by Crippen LogP contribution is 2.42. The van der Waals surface area contributed by atoms with Crippen LogP contribution in [-0.4, -0.2) is 55.9 Å². The molecule has 0 spiro atoms. The predicted molar refractivity (Wildman–Crippen MR) is 122 cm³/mol. The normalized spacial score (nSPS) is 17.2. The van der Waals surface area contributed by atoms with E-state index in [-0.39, 0.29) is 18.0 Å². The number of rotatable bonds is 7. The van der Waals surface area contributed by atoms with Crippen LogP contribution >= 0.6 is 0 Å². The molecule has 0 radical (unpaired) electrons. The number of nitrogens with zero attached hydrogens (tertiary/aromatic N) is 2. The summed E-state index contributed by atoms with van der Waals surface area (Å²) >= 11 is 0. The number of methoxy groups -OCH3 is 3. The maximum absolute atomic E-state index is 13.6. The molecule has 2 aliphatic rings. The van der Waals surface area contributed by atoms with Crippen molar-refractivity contribution in [3.05, 3.63) is 72.3 Å². The minimum atomic E-state index is -0.713. The molecule has 33 heavy (non-hydrogen) atoms. The van der Waals surface area contributed by atoms with Crippen LogP contribution in [0, 0.1) is 5.92 Å². The summed E-state index contributed by atoms with van der Waals surface area (Å²) in [6.45, 7) is -0.207. The number of benzene rings is 2. The summed E-state index contributed by atoms with van der Waals surface area (Å²) in [5.41, 5.74) is 1.19. The number of urea groups is 1. The molecular formula is C25H23N2O6+. The molecule has 0 saturated heterocycles. The smallest absolute Gasteiger partial charge is 0.493 e. The highest BCUT2D eigenvalue weighted by molar-refractivity contribution is 6.26. The molecule has 1 atom stereocenters. The molecule has 1 aliphatic heterocycles. The lowest BCUT2D eigenvalue weighted by Crippen LogP contribution is -2.55. The van der Waals surface area contributed by atoms with Crippen molar-refractivity contribution in [3.63, 3.8) is 0 Å². The Morgan fingerprint density at radius 2 is 1.64 bits per heavy atom. The van der Waals surface area contributed by atoms with Crippen molar-refractivity contribution in [1.82, 2.24) is 0 Å². The van der Waals surface area contributed by atoms with E-state index in [0.29, 0.717) is 28.5 Å². The third kappa shape index (κ3) is 3.91. The van der Waals surface area contributed by atoms with Crippen LogP contribution in [0.4, 0.5) is 10.5 Å². The second kappa shape index (κ2) is 9.12. The van der Waals surface area contributed by atoms with E-state index in [1.165, 1.54) is 38.0 Å². The van der Waals surface area contributed by atoms with Gasteiger partial charge in [-0.1, -0.05) is 48.6 Å². The Balaban J connectivity index is 1.81. The van der Waals surface area contributed by atoms with Gasteiger partial charge < -0.3 is 14.2 Å². The Labute approximate surface area is 191 Å². The lowest BCUT2D eigenvalue weighted by atomic mass is 9.94. The van der Waals surface area contributed by atoms with Crippen LogP contribution in [0.3, 0.4) is 0 Å². The van der Waals surface area contributed by atoms with Crippen molar-refractivity contribution in [1.29, 1.82) is 0 Å². The van der Waals surface area contributed by atoms with Crippen molar-refractivity contribution in [2.75, 3.05) is 32.8 Å². The van der Waals surface area contributed by atoms with Crippen molar-refractivity contribution < 1.29 is 33.2 Å². The molecule has 0 bridgehead atoms. The average molecular weight is 447 g/mol. The van der Waals surface area contributed by atoms with Gasteiger partial charge in [0.2, 0.25) is 11.5 Å². The van der Waals surface area contributed by atoms with Gasteiger partial charge in [-0.25, -0.2) is 4.79 Å². The molecule has 2 aromatic carbocycles. The SMILES string of the molecule is COc1cc(N2C(=O)C3C=CC=CC3=[N+](CC(=O)c3ccccc3)C2=O)cc(OC)c1OC. The zero-order valence-corrected chi connectivity index (χ0v) is 18.5. The Kier molecular flexibility index (Phi) is 6.08. The maximum atomic E-state index is 13.6. The zero-order chi connectivity index (χ0) is 23.5. The average Bonchev–Trinajstić information content (AvgIpc) is 2.86. The van der Waals surface area contributed by atoms with Gasteiger partial charge in [0, 0.05) is 17.7 Å². The highest BCUT2D eigenvalue weighted by atomic mass is 16.5. The second-order valence-electron chi connectivity index (χ2n) is 7.36. The van der Waals surface area contributed by atoms with Gasteiger partial charge in [0.1, 0.15) is 17.3 Å². The first-order chi connectivity index (χ1) is 16.0. The molecule has 168 valence electrons. The molecule has 2 aromatic rings. The molecule has 0 fully saturated rings. The minimum absolute atomic E-state index is 0.207. The number of hydrogen-bond acceptors (Lipinski definition) is 6.